The Bertz CT molecular complexity index is 779. The van der Waals surface area contributed by atoms with E-state index in [-0.39, 0.29) is 11.9 Å². The van der Waals surface area contributed by atoms with E-state index < -0.39 is 0 Å². The van der Waals surface area contributed by atoms with E-state index in [1.54, 1.807) is 12.3 Å². The maximum atomic E-state index is 13.4. The van der Waals surface area contributed by atoms with Crippen molar-refractivity contribution >= 4 is 17.1 Å². The molecular formula is C15H15FN4. The van der Waals surface area contributed by atoms with Crippen LogP contribution in [0.4, 0.5) is 10.3 Å². The third-order valence-electron chi connectivity index (χ3n) is 3.41. The van der Waals surface area contributed by atoms with Crippen LogP contribution in [-0.4, -0.2) is 14.5 Å². The minimum atomic E-state index is -0.263. The molecule has 0 fully saturated rings. The average molecular weight is 270 g/mol. The zero-order valence-corrected chi connectivity index (χ0v) is 11.3. The fraction of sp³-hybridized carbons (Fsp3) is 0.200. The van der Waals surface area contributed by atoms with E-state index in [0.717, 1.165) is 16.6 Å². The summed E-state index contributed by atoms with van der Waals surface area (Å²) in [6, 6.07) is 8.29. The number of benzene rings is 1. The molecule has 0 bridgehead atoms. The van der Waals surface area contributed by atoms with Crippen LogP contribution in [0.3, 0.4) is 0 Å². The van der Waals surface area contributed by atoms with Gasteiger partial charge in [-0.2, -0.15) is 0 Å². The lowest BCUT2D eigenvalue weighted by atomic mass is 10.1. The molecule has 4 nitrogen and oxygen atoms in total. The quantitative estimate of drug-likeness (QED) is 0.778. The number of anilines is 1. The number of aromatic nitrogens is 3. The number of nitrogens with two attached hydrogens (primary N) is 1. The van der Waals surface area contributed by atoms with Gasteiger partial charge in [-0.3, -0.25) is 4.57 Å². The van der Waals surface area contributed by atoms with Crippen LogP contribution >= 0.6 is 0 Å². The number of imidazole rings is 1. The fourth-order valence-corrected chi connectivity index (χ4v) is 2.40. The molecule has 5 heteroatoms. The zero-order chi connectivity index (χ0) is 14.3. The molecule has 2 aromatic heterocycles. The van der Waals surface area contributed by atoms with Gasteiger partial charge in [0.05, 0.1) is 6.04 Å². The number of aryl methyl sites for hydroxylation is 1. The van der Waals surface area contributed by atoms with Crippen molar-refractivity contribution < 1.29 is 4.39 Å². The summed E-state index contributed by atoms with van der Waals surface area (Å²) in [4.78, 5) is 8.72. The van der Waals surface area contributed by atoms with Gasteiger partial charge in [0.15, 0.2) is 5.65 Å². The average Bonchev–Trinajstić information content (AvgIpc) is 2.73. The number of nitrogen functional groups attached to an aromatic ring is 1. The van der Waals surface area contributed by atoms with E-state index in [4.69, 9.17) is 5.73 Å². The number of fused-ring (bicyclic) bond motifs is 1. The zero-order valence-electron chi connectivity index (χ0n) is 11.3. The minimum absolute atomic E-state index is 0.133. The molecule has 0 radical (unpaired) electrons. The summed E-state index contributed by atoms with van der Waals surface area (Å²) in [6.07, 6.45) is 1.78. The van der Waals surface area contributed by atoms with Crippen molar-refractivity contribution in [3.8, 4) is 0 Å². The predicted molar refractivity (Wildman–Crippen MR) is 76.9 cm³/mol. The van der Waals surface area contributed by atoms with Gasteiger partial charge in [-0.15, -0.1) is 0 Å². The highest BCUT2D eigenvalue weighted by Crippen LogP contribution is 2.26. The minimum Gasteiger partial charge on any atom is -0.369 e. The van der Waals surface area contributed by atoms with Crippen LogP contribution in [-0.2, 0) is 0 Å². The summed E-state index contributed by atoms with van der Waals surface area (Å²) >= 11 is 0. The Labute approximate surface area is 116 Å². The van der Waals surface area contributed by atoms with Gasteiger partial charge in [0.25, 0.3) is 0 Å². The van der Waals surface area contributed by atoms with Gasteiger partial charge in [0, 0.05) is 6.20 Å². The molecule has 0 aliphatic rings. The lowest BCUT2D eigenvalue weighted by Crippen LogP contribution is -2.11. The Morgan fingerprint density at radius 3 is 2.85 bits per heavy atom. The molecule has 0 saturated heterocycles. The molecule has 0 aliphatic carbocycles. The molecule has 2 N–H and O–H groups in total. The topological polar surface area (TPSA) is 56.7 Å². The van der Waals surface area contributed by atoms with E-state index in [9.17, 15) is 4.39 Å². The van der Waals surface area contributed by atoms with Gasteiger partial charge >= 0.3 is 0 Å². The number of halogens is 1. The first-order chi connectivity index (χ1) is 9.56. The van der Waals surface area contributed by atoms with Crippen LogP contribution in [0.25, 0.3) is 11.2 Å². The van der Waals surface area contributed by atoms with Crippen molar-refractivity contribution in [3.63, 3.8) is 0 Å². The van der Waals surface area contributed by atoms with Gasteiger partial charge in [-0.1, -0.05) is 12.1 Å². The summed E-state index contributed by atoms with van der Waals surface area (Å²) in [6.45, 7) is 3.91. The first-order valence-corrected chi connectivity index (χ1v) is 6.42. The van der Waals surface area contributed by atoms with Crippen LogP contribution in [0.5, 0.6) is 0 Å². The van der Waals surface area contributed by atoms with E-state index >= 15 is 0 Å². The maximum absolute atomic E-state index is 13.4. The number of nitrogens with zero attached hydrogens (tertiary/aromatic N) is 3. The summed E-state index contributed by atoms with van der Waals surface area (Å²) < 4.78 is 15.2. The monoisotopic (exact) mass is 270 g/mol. The van der Waals surface area contributed by atoms with Gasteiger partial charge in [-0.25, -0.2) is 14.4 Å². The van der Waals surface area contributed by atoms with Gasteiger partial charge in [0.1, 0.15) is 11.3 Å². The molecule has 0 amide bonds. The Hall–Kier alpha value is -2.43. The van der Waals surface area contributed by atoms with E-state index in [0.29, 0.717) is 11.6 Å². The normalized spacial score (nSPS) is 12.8. The van der Waals surface area contributed by atoms with E-state index in [1.807, 2.05) is 30.5 Å². The summed E-state index contributed by atoms with van der Waals surface area (Å²) in [5.74, 6) is 0.121. The summed E-state index contributed by atoms with van der Waals surface area (Å²) in [5.41, 5.74) is 9.33. The molecule has 3 rings (SSSR count). The molecule has 20 heavy (non-hydrogen) atoms. The SMILES string of the molecule is Cc1cnc2c(c1)nc(N)n2C(C)c1cccc(F)c1. The number of hydrogen-bond donors (Lipinski definition) is 1. The lowest BCUT2D eigenvalue weighted by molar-refractivity contribution is 0.611. The van der Waals surface area contributed by atoms with Crippen LogP contribution in [0.2, 0.25) is 0 Å². The number of rotatable bonds is 2. The second-order valence-corrected chi connectivity index (χ2v) is 4.93. The fourth-order valence-electron chi connectivity index (χ4n) is 2.40. The van der Waals surface area contributed by atoms with Crippen molar-refractivity contribution in [2.75, 3.05) is 5.73 Å². The van der Waals surface area contributed by atoms with Crippen LogP contribution in [0.1, 0.15) is 24.1 Å². The lowest BCUT2D eigenvalue weighted by Gasteiger charge is -2.16. The Kier molecular flexibility index (Phi) is 2.89. The van der Waals surface area contributed by atoms with Crippen molar-refractivity contribution in [2.24, 2.45) is 0 Å². The molecule has 1 atom stereocenters. The molecule has 0 aliphatic heterocycles. The van der Waals surface area contributed by atoms with Gasteiger partial charge in [0.2, 0.25) is 5.95 Å². The summed E-state index contributed by atoms with van der Waals surface area (Å²) in [7, 11) is 0. The second-order valence-electron chi connectivity index (χ2n) is 4.93. The van der Waals surface area contributed by atoms with Crippen LogP contribution in [0.15, 0.2) is 36.5 Å². The first kappa shape index (κ1) is 12.6. The van der Waals surface area contributed by atoms with Crippen LogP contribution in [0, 0.1) is 12.7 Å². The molecule has 3 aromatic rings. The predicted octanol–water partition coefficient (Wildman–Crippen LogP) is 3.07. The Balaban J connectivity index is 2.16. The highest BCUT2D eigenvalue weighted by atomic mass is 19.1. The van der Waals surface area contributed by atoms with E-state index in [2.05, 4.69) is 9.97 Å². The van der Waals surface area contributed by atoms with E-state index in [1.165, 1.54) is 12.1 Å². The standard InChI is InChI=1S/C15H15FN4/c1-9-6-13-14(18-8-9)20(15(17)19-13)10(2)11-4-3-5-12(16)7-11/h3-8,10H,1-2H3,(H2,17,19). The largest absolute Gasteiger partial charge is 0.369 e. The Morgan fingerprint density at radius 1 is 1.30 bits per heavy atom. The van der Waals surface area contributed by atoms with Crippen molar-refractivity contribution in [1.82, 2.24) is 14.5 Å². The number of hydrogen-bond acceptors (Lipinski definition) is 3. The van der Waals surface area contributed by atoms with Gasteiger partial charge in [-0.05, 0) is 43.2 Å². The molecule has 0 spiro atoms. The van der Waals surface area contributed by atoms with Crippen molar-refractivity contribution in [1.29, 1.82) is 0 Å². The molecule has 2 heterocycles. The highest BCUT2D eigenvalue weighted by molar-refractivity contribution is 5.75. The third-order valence-corrected chi connectivity index (χ3v) is 3.41. The van der Waals surface area contributed by atoms with Crippen molar-refractivity contribution in [2.45, 2.75) is 19.9 Å². The van der Waals surface area contributed by atoms with Gasteiger partial charge < -0.3 is 5.73 Å². The Morgan fingerprint density at radius 2 is 2.10 bits per heavy atom. The number of pyridine rings is 1. The smallest absolute Gasteiger partial charge is 0.203 e. The maximum Gasteiger partial charge on any atom is 0.203 e. The molecule has 102 valence electrons. The second kappa shape index (κ2) is 4.59. The van der Waals surface area contributed by atoms with Crippen molar-refractivity contribution in [3.05, 3.63) is 53.5 Å². The summed E-state index contributed by atoms with van der Waals surface area (Å²) in [5, 5.41) is 0. The molecule has 1 unspecified atom stereocenters. The molecule has 1 aromatic carbocycles. The van der Waals surface area contributed by atoms with Crippen LogP contribution < -0.4 is 5.73 Å². The molecule has 0 saturated carbocycles. The highest BCUT2D eigenvalue weighted by Gasteiger charge is 2.17. The first-order valence-electron chi connectivity index (χ1n) is 6.42. The molecular weight excluding hydrogens is 255 g/mol. The third kappa shape index (κ3) is 2.01.